The molecule has 0 radical (unpaired) electrons. The van der Waals surface area contributed by atoms with Gasteiger partial charge < -0.3 is 10.4 Å². The van der Waals surface area contributed by atoms with E-state index in [1.165, 1.54) is 18.2 Å². The highest BCUT2D eigenvalue weighted by Crippen LogP contribution is 2.27. The summed E-state index contributed by atoms with van der Waals surface area (Å²) in [4.78, 5) is 11.9. The Labute approximate surface area is 131 Å². The summed E-state index contributed by atoms with van der Waals surface area (Å²) in [5.74, 6) is -2.54. The van der Waals surface area contributed by atoms with Gasteiger partial charge in [-0.1, -0.05) is 11.6 Å². The average Bonchev–Trinajstić information content (AvgIpc) is 2.36. The third-order valence-corrected chi connectivity index (χ3v) is 3.66. The van der Waals surface area contributed by atoms with Gasteiger partial charge in [-0.3, -0.25) is 4.79 Å². The van der Waals surface area contributed by atoms with Crippen molar-refractivity contribution in [2.24, 2.45) is 0 Å². The summed E-state index contributed by atoms with van der Waals surface area (Å²) >= 11 is 7.58. The number of aromatic hydroxyl groups is 1. The number of phenols is 1. The van der Waals surface area contributed by atoms with Crippen LogP contribution in [-0.4, -0.2) is 11.0 Å². The predicted octanol–water partition coefficient (Wildman–Crippen LogP) is 4.18. The average molecular weight is 410 g/mol. The number of hydrogen-bond donors (Lipinski definition) is 2. The van der Waals surface area contributed by atoms with Gasteiger partial charge in [0.1, 0.15) is 11.6 Å². The zero-order valence-electron chi connectivity index (χ0n) is 9.75. The second-order valence-corrected chi connectivity index (χ2v) is 5.43. The number of rotatable bonds is 2. The lowest BCUT2D eigenvalue weighted by Gasteiger charge is -2.09. The molecule has 0 saturated heterocycles. The van der Waals surface area contributed by atoms with Crippen LogP contribution in [0.4, 0.5) is 14.5 Å². The number of nitrogens with one attached hydrogen (secondary N) is 1. The summed E-state index contributed by atoms with van der Waals surface area (Å²) in [5.41, 5.74) is -0.182. The normalized spacial score (nSPS) is 10.4. The fourth-order valence-electron chi connectivity index (χ4n) is 1.50. The fourth-order valence-corrected chi connectivity index (χ4v) is 2.08. The highest BCUT2D eigenvalue weighted by molar-refractivity contribution is 14.1. The van der Waals surface area contributed by atoms with E-state index in [0.717, 1.165) is 6.07 Å². The van der Waals surface area contributed by atoms with Gasteiger partial charge in [0.15, 0.2) is 5.82 Å². The SMILES string of the molecule is O=C(Nc1c(F)cc(F)cc1Cl)c1ccc(I)c(O)c1. The van der Waals surface area contributed by atoms with Gasteiger partial charge in [-0.15, -0.1) is 0 Å². The molecule has 0 heterocycles. The Morgan fingerprint density at radius 3 is 2.55 bits per heavy atom. The van der Waals surface area contributed by atoms with Gasteiger partial charge in [-0.25, -0.2) is 8.78 Å². The number of carbonyl (C=O) groups excluding carboxylic acids is 1. The molecular weight excluding hydrogens is 403 g/mol. The molecule has 2 rings (SSSR count). The van der Waals surface area contributed by atoms with Crippen molar-refractivity contribution in [2.75, 3.05) is 5.32 Å². The van der Waals surface area contributed by atoms with Gasteiger partial charge >= 0.3 is 0 Å². The van der Waals surface area contributed by atoms with E-state index in [9.17, 15) is 18.7 Å². The van der Waals surface area contributed by atoms with Crippen molar-refractivity contribution in [3.05, 3.63) is 56.1 Å². The second-order valence-electron chi connectivity index (χ2n) is 3.86. The van der Waals surface area contributed by atoms with Crippen LogP contribution in [0.15, 0.2) is 30.3 Å². The van der Waals surface area contributed by atoms with Crippen LogP contribution in [0.5, 0.6) is 5.75 Å². The fraction of sp³-hybridized carbons (Fsp3) is 0. The van der Waals surface area contributed by atoms with Gasteiger partial charge in [-0.2, -0.15) is 0 Å². The topological polar surface area (TPSA) is 49.3 Å². The van der Waals surface area contributed by atoms with E-state index in [1.54, 1.807) is 0 Å². The molecule has 0 aromatic heterocycles. The third kappa shape index (κ3) is 3.18. The summed E-state index contributed by atoms with van der Waals surface area (Å²) in [6.07, 6.45) is 0. The van der Waals surface area contributed by atoms with Crippen LogP contribution in [0, 0.1) is 15.2 Å². The van der Waals surface area contributed by atoms with Crippen molar-refractivity contribution in [3.63, 3.8) is 0 Å². The first-order chi connectivity index (χ1) is 9.38. The molecule has 0 aliphatic heterocycles. The highest BCUT2D eigenvalue weighted by Gasteiger charge is 2.15. The van der Waals surface area contributed by atoms with Crippen molar-refractivity contribution >= 4 is 45.8 Å². The molecule has 20 heavy (non-hydrogen) atoms. The Bertz CT molecular complexity index is 671. The molecule has 2 aromatic carbocycles. The van der Waals surface area contributed by atoms with Crippen LogP contribution in [0.1, 0.15) is 10.4 Å². The zero-order chi connectivity index (χ0) is 14.9. The Balaban J connectivity index is 2.30. The maximum absolute atomic E-state index is 13.5. The van der Waals surface area contributed by atoms with Crippen molar-refractivity contribution in [2.45, 2.75) is 0 Å². The molecule has 3 nitrogen and oxygen atoms in total. The molecule has 0 atom stereocenters. The summed E-state index contributed by atoms with van der Waals surface area (Å²) < 4.78 is 27.0. The molecule has 0 aliphatic rings. The van der Waals surface area contributed by atoms with Crippen LogP contribution in [0.25, 0.3) is 0 Å². The molecule has 2 aromatic rings. The molecule has 7 heteroatoms. The lowest BCUT2D eigenvalue weighted by Crippen LogP contribution is -2.13. The number of anilines is 1. The summed E-state index contributed by atoms with van der Waals surface area (Å²) in [7, 11) is 0. The maximum atomic E-state index is 13.5. The minimum Gasteiger partial charge on any atom is -0.507 e. The number of carbonyl (C=O) groups is 1. The van der Waals surface area contributed by atoms with Crippen LogP contribution in [0.2, 0.25) is 5.02 Å². The Morgan fingerprint density at radius 2 is 1.95 bits per heavy atom. The van der Waals surface area contributed by atoms with E-state index in [2.05, 4.69) is 5.32 Å². The van der Waals surface area contributed by atoms with E-state index in [-0.39, 0.29) is 22.0 Å². The molecule has 0 bridgehead atoms. The van der Waals surface area contributed by atoms with Gasteiger partial charge in [0, 0.05) is 11.6 Å². The van der Waals surface area contributed by atoms with Crippen molar-refractivity contribution in [1.29, 1.82) is 0 Å². The maximum Gasteiger partial charge on any atom is 0.255 e. The predicted molar refractivity (Wildman–Crippen MR) is 80.1 cm³/mol. The third-order valence-electron chi connectivity index (χ3n) is 2.45. The summed E-state index contributed by atoms with van der Waals surface area (Å²) in [6.45, 7) is 0. The van der Waals surface area contributed by atoms with Gasteiger partial charge in [0.25, 0.3) is 5.91 Å². The lowest BCUT2D eigenvalue weighted by atomic mass is 10.2. The first-order valence-corrected chi connectivity index (χ1v) is 6.78. The minimum atomic E-state index is -0.974. The van der Waals surface area contributed by atoms with Crippen LogP contribution < -0.4 is 5.32 Å². The number of hydrogen-bond acceptors (Lipinski definition) is 2. The zero-order valence-corrected chi connectivity index (χ0v) is 12.7. The van der Waals surface area contributed by atoms with Gasteiger partial charge in [0.05, 0.1) is 14.3 Å². The van der Waals surface area contributed by atoms with Crippen molar-refractivity contribution in [1.82, 2.24) is 0 Å². The number of amides is 1. The second kappa shape index (κ2) is 5.92. The molecule has 0 unspecified atom stereocenters. The molecule has 0 spiro atoms. The van der Waals surface area contributed by atoms with Crippen molar-refractivity contribution in [3.8, 4) is 5.75 Å². The Kier molecular flexibility index (Phi) is 4.44. The molecule has 1 amide bonds. The largest absolute Gasteiger partial charge is 0.507 e. The summed E-state index contributed by atoms with van der Waals surface area (Å²) in [5, 5.41) is 11.5. The molecular formula is C13H7ClF2INO2. The Morgan fingerprint density at radius 1 is 1.25 bits per heavy atom. The monoisotopic (exact) mass is 409 g/mol. The quantitative estimate of drug-likeness (QED) is 0.731. The van der Waals surface area contributed by atoms with E-state index in [1.807, 2.05) is 22.6 Å². The molecule has 104 valence electrons. The smallest absolute Gasteiger partial charge is 0.255 e. The standard InChI is InChI=1S/C13H7ClF2INO2/c14-8-4-7(15)5-9(16)12(8)18-13(20)6-1-2-10(17)11(19)3-6/h1-5,19H,(H,18,20). The Hall–Kier alpha value is -1.41. The lowest BCUT2D eigenvalue weighted by molar-refractivity contribution is 0.102. The van der Waals surface area contributed by atoms with Crippen LogP contribution in [-0.2, 0) is 0 Å². The van der Waals surface area contributed by atoms with E-state index in [0.29, 0.717) is 9.64 Å². The minimum absolute atomic E-state index is 0.0658. The van der Waals surface area contributed by atoms with Gasteiger partial charge in [0.2, 0.25) is 0 Å². The van der Waals surface area contributed by atoms with E-state index >= 15 is 0 Å². The number of phenolic OH excluding ortho intramolecular Hbond substituents is 1. The first-order valence-electron chi connectivity index (χ1n) is 5.33. The molecule has 2 N–H and O–H groups in total. The highest BCUT2D eigenvalue weighted by atomic mass is 127. The van der Waals surface area contributed by atoms with E-state index < -0.39 is 17.5 Å². The van der Waals surface area contributed by atoms with Crippen LogP contribution >= 0.6 is 34.2 Å². The van der Waals surface area contributed by atoms with Crippen molar-refractivity contribution < 1.29 is 18.7 Å². The van der Waals surface area contributed by atoms with E-state index in [4.69, 9.17) is 11.6 Å². The first kappa shape index (κ1) is 15.0. The van der Waals surface area contributed by atoms with Crippen LogP contribution in [0.3, 0.4) is 0 Å². The molecule has 0 saturated carbocycles. The number of benzene rings is 2. The van der Waals surface area contributed by atoms with Gasteiger partial charge in [-0.05, 0) is 46.9 Å². The molecule has 0 aliphatic carbocycles. The molecule has 0 fully saturated rings. The summed E-state index contributed by atoms with van der Waals surface area (Å²) in [6, 6.07) is 5.75. The number of halogens is 4.